The van der Waals surface area contributed by atoms with Gasteiger partial charge in [-0.25, -0.2) is 8.42 Å². The highest BCUT2D eigenvalue weighted by atomic mass is 35.5. The molecule has 0 spiro atoms. The van der Waals surface area contributed by atoms with Crippen LogP contribution in [0.2, 0.25) is 0 Å². The highest BCUT2D eigenvalue weighted by molar-refractivity contribution is 7.92. The van der Waals surface area contributed by atoms with E-state index in [1.54, 1.807) is 7.05 Å². The van der Waals surface area contributed by atoms with E-state index >= 15 is 0 Å². The molecule has 0 saturated heterocycles. The summed E-state index contributed by atoms with van der Waals surface area (Å²) in [6.07, 6.45) is 0.944. The quantitative estimate of drug-likeness (QED) is 0.755. The van der Waals surface area contributed by atoms with E-state index in [0.717, 1.165) is 6.42 Å². The molecule has 1 rings (SSSR count). The summed E-state index contributed by atoms with van der Waals surface area (Å²) >= 11 is 5.67. The molecule has 0 bridgehead atoms. The zero-order valence-electron chi connectivity index (χ0n) is 11.1. The van der Waals surface area contributed by atoms with Crippen molar-refractivity contribution in [1.29, 1.82) is 0 Å². The Morgan fingerprint density at radius 3 is 2.28 bits per heavy atom. The Morgan fingerprint density at radius 1 is 1.28 bits per heavy atom. The fourth-order valence-electron chi connectivity index (χ4n) is 1.62. The maximum absolute atomic E-state index is 12.1. The first-order chi connectivity index (χ1) is 8.40. The van der Waals surface area contributed by atoms with Gasteiger partial charge in [-0.1, -0.05) is 26.0 Å². The third-order valence-electron chi connectivity index (χ3n) is 2.88. The molecule has 0 saturated carbocycles. The smallest absolute Gasteiger partial charge is 0.235 e. The number of benzene rings is 1. The molecule has 0 aromatic heterocycles. The largest absolute Gasteiger partial charge is 0.273 e. The van der Waals surface area contributed by atoms with Crippen molar-refractivity contribution in [2.75, 3.05) is 23.0 Å². The number of alkyl halides is 1. The van der Waals surface area contributed by atoms with Gasteiger partial charge in [0.2, 0.25) is 10.0 Å². The Hall–Kier alpha value is -0.740. The monoisotopic (exact) mass is 289 g/mol. The average molecular weight is 290 g/mol. The zero-order valence-corrected chi connectivity index (χ0v) is 12.6. The maximum Gasteiger partial charge on any atom is 0.235 e. The van der Waals surface area contributed by atoms with E-state index in [4.69, 9.17) is 11.6 Å². The Labute approximate surface area is 115 Å². The fourth-order valence-corrected chi connectivity index (χ4v) is 3.36. The summed E-state index contributed by atoms with van der Waals surface area (Å²) in [6, 6.07) is 7.57. The normalized spacial score (nSPS) is 13.3. The predicted octanol–water partition coefficient (Wildman–Crippen LogP) is 2.89. The second-order valence-corrected chi connectivity index (χ2v) is 6.88. The van der Waals surface area contributed by atoms with Crippen LogP contribution in [-0.4, -0.2) is 27.1 Å². The standard InChI is InChI=1S/C13H20ClNO2S/c1-4-12-5-7-13(8-6-12)15(3)18(16,17)10-11(2)9-14/h5-8,11H,4,9-10H2,1-3H3. The van der Waals surface area contributed by atoms with Gasteiger partial charge in [0, 0.05) is 12.9 Å². The van der Waals surface area contributed by atoms with Gasteiger partial charge in [-0.3, -0.25) is 4.31 Å². The molecular weight excluding hydrogens is 270 g/mol. The molecule has 102 valence electrons. The second-order valence-electron chi connectivity index (χ2n) is 4.53. The summed E-state index contributed by atoms with van der Waals surface area (Å²) in [4.78, 5) is 0. The Morgan fingerprint density at radius 2 is 1.83 bits per heavy atom. The predicted molar refractivity (Wildman–Crippen MR) is 77.9 cm³/mol. The third-order valence-corrected chi connectivity index (χ3v) is 5.45. The highest BCUT2D eigenvalue weighted by Gasteiger charge is 2.21. The molecule has 0 fully saturated rings. The topological polar surface area (TPSA) is 37.4 Å². The number of sulfonamides is 1. The summed E-state index contributed by atoms with van der Waals surface area (Å²) < 4.78 is 25.6. The molecule has 0 amide bonds. The number of hydrogen-bond acceptors (Lipinski definition) is 2. The van der Waals surface area contributed by atoms with Gasteiger partial charge in [-0.2, -0.15) is 0 Å². The number of rotatable bonds is 6. The van der Waals surface area contributed by atoms with Crippen LogP contribution < -0.4 is 4.31 Å². The van der Waals surface area contributed by atoms with Crippen LogP contribution in [0.15, 0.2) is 24.3 Å². The van der Waals surface area contributed by atoms with E-state index in [1.165, 1.54) is 9.87 Å². The SMILES string of the molecule is CCc1ccc(N(C)S(=O)(=O)CC(C)CCl)cc1. The van der Waals surface area contributed by atoms with E-state index < -0.39 is 10.0 Å². The average Bonchev–Trinajstić information content (AvgIpc) is 2.37. The first kappa shape index (κ1) is 15.3. The maximum atomic E-state index is 12.1. The summed E-state index contributed by atoms with van der Waals surface area (Å²) in [5.74, 6) is 0.374. The lowest BCUT2D eigenvalue weighted by Gasteiger charge is -2.21. The van der Waals surface area contributed by atoms with Crippen molar-refractivity contribution >= 4 is 27.3 Å². The first-order valence-corrected chi connectivity index (χ1v) is 8.16. The van der Waals surface area contributed by atoms with Crippen LogP contribution in [0.5, 0.6) is 0 Å². The number of halogens is 1. The summed E-state index contributed by atoms with van der Waals surface area (Å²) in [5.41, 5.74) is 1.88. The van der Waals surface area contributed by atoms with Crippen LogP contribution in [0.3, 0.4) is 0 Å². The van der Waals surface area contributed by atoms with Crippen LogP contribution >= 0.6 is 11.6 Å². The lowest BCUT2D eigenvalue weighted by atomic mass is 10.1. The molecule has 1 aromatic carbocycles. The van der Waals surface area contributed by atoms with Crippen molar-refractivity contribution in [2.45, 2.75) is 20.3 Å². The minimum atomic E-state index is -3.30. The lowest BCUT2D eigenvalue weighted by molar-refractivity contribution is 0.581. The highest BCUT2D eigenvalue weighted by Crippen LogP contribution is 2.19. The molecule has 0 aliphatic carbocycles. The van der Waals surface area contributed by atoms with Crippen molar-refractivity contribution in [3.8, 4) is 0 Å². The number of anilines is 1. The van der Waals surface area contributed by atoms with Crippen LogP contribution in [-0.2, 0) is 16.4 Å². The molecule has 0 aliphatic heterocycles. The number of aryl methyl sites for hydroxylation is 1. The third kappa shape index (κ3) is 3.89. The lowest BCUT2D eigenvalue weighted by Crippen LogP contribution is -2.31. The van der Waals surface area contributed by atoms with E-state index in [9.17, 15) is 8.42 Å². The van der Waals surface area contributed by atoms with Crippen molar-refractivity contribution < 1.29 is 8.42 Å². The van der Waals surface area contributed by atoms with Crippen molar-refractivity contribution in [2.24, 2.45) is 5.92 Å². The Balaban J connectivity index is 2.87. The van der Waals surface area contributed by atoms with Gasteiger partial charge in [-0.15, -0.1) is 11.6 Å². The number of nitrogens with zero attached hydrogens (tertiary/aromatic N) is 1. The summed E-state index contributed by atoms with van der Waals surface area (Å²) in [7, 11) is -1.71. The molecule has 1 unspecified atom stereocenters. The fraction of sp³-hybridized carbons (Fsp3) is 0.538. The molecular formula is C13H20ClNO2S. The molecule has 1 aromatic rings. The minimum Gasteiger partial charge on any atom is -0.273 e. The Kier molecular flexibility index (Phi) is 5.47. The number of hydrogen-bond donors (Lipinski definition) is 0. The molecule has 0 heterocycles. The van der Waals surface area contributed by atoms with Gasteiger partial charge < -0.3 is 0 Å². The van der Waals surface area contributed by atoms with Crippen molar-refractivity contribution in [3.63, 3.8) is 0 Å². The molecule has 1 atom stereocenters. The van der Waals surface area contributed by atoms with Crippen LogP contribution in [0.1, 0.15) is 19.4 Å². The summed E-state index contributed by atoms with van der Waals surface area (Å²) in [5, 5.41) is 0. The molecule has 0 N–H and O–H groups in total. The first-order valence-electron chi connectivity index (χ1n) is 6.02. The van der Waals surface area contributed by atoms with Gasteiger partial charge in [-0.05, 0) is 30.0 Å². The van der Waals surface area contributed by atoms with Crippen molar-refractivity contribution in [3.05, 3.63) is 29.8 Å². The van der Waals surface area contributed by atoms with E-state index in [1.807, 2.05) is 31.2 Å². The van der Waals surface area contributed by atoms with Crippen molar-refractivity contribution in [1.82, 2.24) is 0 Å². The van der Waals surface area contributed by atoms with Crippen LogP contribution in [0.25, 0.3) is 0 Å². The van der Waals surface area contributed by atoms with Gasteiger partial charge in [0.05, 0.1) is 11.4 Å². The minimum absolute atomic E-state index is 0.0472. The molecule has 5 heteroatoms. The van der Waals surface area contributed by atoms with Gasteiger partial charge in [0.25, 0.3) is 0 Å². The Bertz CT molecular complexity index is 470. The van der Waals surface area contributed by atoms with Gasteiger partial charge >= 0.3 is 0 Å². The van der Waals surface area contributed by atoms with Crippen LogP contribution in [0.4, 0.5) is 5.69 Å². The van der Waals surface area contributed by atoms with E-state index in [-0.39, 0.29) is 11.7 Å². The van der Waals surface area contributed by atoms with E-state index in [2.05, 4.69) is 6.92 Å². The molecule has 0 aliphatic rings. The molecule has 3 nitrogen and oxygen atoms in total. The van der Waals surface area contributed by atoms with E-state index in [0.29, 0.717) is 11.6 Å². The molecule has 0 radical (unpaired) electrons. The zero-order chi connectivity index (χ0) is 13.8. The second kappa shape index (κ2) is 6.43. The van der Waals surface area contributed by atoms with Crippen LogP contribution in [0, 0.1) is 5.92 Å². The molecule has 18 heavy (non-hydrogen) atoms. The van der Waals surface area contributed by atoms with Gasteiger partial charge in [0.1, 0.15) is 0 Å². The summed E-state index contributed by atoms with van der Waals surface area (Å²) in [6.45, 7) is 3.90. The van der Waals surface area contributed by atoms with Gasteiger partial charge in [0.15, 0.2) is 0 Å².